The normalized spacial score (nSPS) is 12.6. The zero-order valence-corrected chi connectivity index (χ0v) is 8.91. The number of nitrogens with one attached hydrogen (secondary N) is 1. The van der Waals surface area contributed by atoms with Crippen LogP contribution in [0.2, 0.25) is 0 Å². The molecule has 5 heteroatoms. The lowest BCUT2D eigenvalue weighted by atomic mass is 10.0. The molecule has 16 heavy (non-hydrogen) atoms. The zero-order chi connectivity index (χ0) is 12.1. The summed E-state index contributed by atoms with van der Waals surface area (Å²) in [5.74, 6) is -0.176. The highest BCUT2D eigenvalue weighted by atomic mass is 19.3. The van der Waals surface area contributed by atoms with Crippen molar-refractivity contribution in [3.63, 3.8) is 0 Å². The van der Waals surface area contributed by atoms with Crippen LogP contribution in [0.15, 0.2) is 24.3 Å². The van der Waals surface area contributed by atoms with Crippen molar-refractivity contribution in [1.82, 2.24) is 0 Å². The van der Waals surface area contributed by atoms with E-state index in [0.717, 1.165) is 0 Å². The smallest absolute Gasteiger partial charge is 0.240 e. The Morgan fingerprint density at radius 3 is 2.38 bits per heavy atom. The number of carbonyl (C=O) groups is 1. The molecule has 0 radical (unpaired) electrons. The van der Waals surface area contributed by atoms with E-state index in [1.165, 1.54) is 6.92 Å². The number of halogens is 2. The predicted molar refractivity (Wildman–Crippen MR) is 58.3 cm³/mol. The van der Waals surface area contributed by atoms with Crippen LogP contribution in [0.1, 0.15) is 24.9 Å². The fourth-order valence-electron chi connectivity index (χ4n) is 1.34. The molecule has 1 atom stereocenters. The predicted octanol–water partition coefficient (Wildman–Crippen LogP) is 2.30. The largest absolute Gasteiger partial charge is 0.326 e. The topological polar surface area (TPSA) is 55.1 Å². The van der Waals surface area contributed by atoms with Crippen LogP contribution in [-0.2, 0) is 4.79 Å². The molecule has 0 aliphatic heterocycles. The van der Waals surface area contributed by atoms with Crippen LogP contribution in [0.4, 0.5) is 14.5 Å². The van der Waals surface area contributed by atoms with Gasteiger partial charge in [-0.15, -0.1) is 0 Å². The molecule has 88 valence electrons. The molecule has 0 saturated carbocycles. The van der Waals surface area contributed by atoms with Gasteiger partial charge in [0, 0.05) is 25.1 Å². The number of amides is 1. The summed E-state index contributed by atoms with van der Waals surface area (Å²) < 4.78 is 24.2. The van der Waals surface area contributed by atoms with Crippen molar-refractivity contribution >= 4 is 11.6 Å². The van der Waals surface area contributed by atoms with E-state index in [1.54, 1.807) is 24.3 Å². The Morgan fingerprint density at radius 2 is 1.94 bits per heavy atom. The molecular formula is C11H14F2N2O. The van der Waals surface area contributed by atoms with E-state index >= 15 is 0 Å². The van der Waals surface area contributed by atoms with E-state index in [2.05, 4.69) is 5.32 Å². The van der Waals surface area contributed by atoms with Crippen molar-refractivity contribution in [3.05, 3.63) is 29.8 Å². The van der Waals surface area contributed by atoms with Crippen LogP contribution >= 0.6 is 0 Å². The van der Waals surface area contributed by atoms with Crippen LogP contribution < -0.4 is 11.1 Å². The number of alkyl halides is 2. The number of nitrogens with two attached hydrogens (primary N) is 1. The minimum absolute atomic E-state index is 0.176. The quantitative estimate of drug-likeness (QED) is 0.830. The first kappa shape index (κ1) is 12.6. The SMILES string of the molecule is CC(=O)Nc1ccc([C@@H](N)CC(F)F)cc1. The molecule has 0 bridgehead atoms. The molecule has 0 fully saturated rings. The van der Waals surface area contributed by atoms with Crippen molar-refractivity contribution in [2.45, 2.75) is 25.8 Å². The van der Waals surface area contributed by atoms with Crippen molar-refractivity contribution in [1.29, 1.82) is 0 Å². The lowest BCUT2D eigenvalue weighted by molar-refractivity contribution is -0.114. The Morgan fingerprint density at radius 1 is 1.38 bits per heavy atom. The van der Waals surface area contributed by atoms with Crippen molar-refractivity contribution in [2.75, 3.05) is 5.32 Å². The van der Waals surface area contributed by atoms with Crippen LogP contribution in [-0.4, -0.2) is 12.3 Å². The number of benzene rings is 1. The van der Waals surface area contributed by atoms with E-state index in [1.807, 2.05) is 0 Å². The van der Waals surface area contributed by atoms with Gasteiger partial charge in [-0.25, -0.2) is 8.78 Å². The maximum atomic E-state index is 12.1. The summed E-state index contributed by atoms with van der Waals surface area (Å²) in [4.78, 5) is 10.7. The summed E-state index contributed by atoms with van der Waals surface area (Å²) in [6, 6.07) is 5.88. The van der Waals surface area contributed by atoms with Gasteiger partial charge in [-0.1, -0.05) is 12.1 Å². The van der Waals surface area contributed by atoms with Crippen molar-refractivity contribution in [3.8, 4) is 0 Å². The Balaban J connectivity index is 2.66. The molecule has 0 heterocycles. The van der Waals surface area contributed by atoms with Gasteiger partial charge < -0.3 is 11.1 Å². The van der Waals surface area contributed by atoms with E-state index in [0.29, 0.717) is 11.3 Å². The summed E-state index contributed by atoms with van der Waals surface area (Å²) in [7, 11) is 0. The van der Waals surface area contributed by atoms with Gasteiger partial charge in [0.15, 0.2) is 0 Å². The van der Waals surface area contributed by atoms with Gasteiger partial charge in [0.05, 0.1) is 0 Å². The first-order valence-electron chi connectivity index (χ1n) is 4.90. The van der Waals surface area contributed by atoms with E-state index < -0.39 is 12.5 Å². The highest BCUT2D eigenvalue weighted by Crippen LogP contribution is 2.19. The molecule has 0 aliphatic rings. The van der Waals surface area contributed by atoms with Crippen LogP contribution in [0.5, 0.6) is 0 Å². The molecule has 0 aliphatic carbocycles. The van der Waals surface area contributed by atoms with E-state index in [9.17, 15) is 13.6 Å². The molecule has 3 nitrogen and oxygen atoms in total. The summed E-state index contributed by atoms with van der Waals surface area (Å²) in [6.07, 6.45) is -2.77. The molecule has 1 amide bonds. The van der Waals surface area contributed by atoms with E-state index in [4.69, 9.17) is 5.73 Å². The number of rotatable bonds is 4. The van der Waals surface area contributed by atoms with Gasteiger partial charge in [-0.2, -0.15) is 0 Å². The van der Waals surface area contributed by atoms with Gasteiger partial charge in [-0.3, -0.25) is 4.79 Å². The van der Waals surface area contributed by atoms with Crippen molar-refractivity contribution < 1.29 is 13.6 Å². The third-order valence-electron chi connectivity index (χ3n) is 2.09. The average molecular weight is 228 g/mol. The number of hydrogen-bond donors (Lipinski definition) is 2. The summed E-state index contributed by atoms with van der Waals surface area (Å²) in [5, 5.41) is 2.58. The second-order valence-corrected chi connectivity index (χ2v) is 3.54. The lowest BCUT2D eigenvalue weighted by Crippen LogP contribution is -2.14. The fraction of sp³-hybridized carbons (Fsp3) is 0.364. The number of hydrogen-bond acceptors (Lipinski definition) is 2. The van der Waals surface area contributed by atoms with Gasteiger partial charge in [0.2, 0.25) is 12.3 Å². The minimum atomic E-state index is -2.41. The van der Waals surface area contributed by atoms with Gasteiger partial charge in [0.1, 0.15) is 0 Å². The van der Waals surface area contributed by atoms with Gasteiger partial charge in [0.25, 0.3) is 0 Å². The molecule has 0 unspecified atom stereocenters. The molecule has 1 rings (SSSR count). The molecule has 0 spiro atoms. The Bertz CT molecular complexity index is 352. The second kappa shape index (κ2) is 5.55. The van der Waals surface area contributed by atoms with Gasteiger partial charge in [-0.05, 0) is 17.7 Å². The maximum absolute atomic E-state index is 12.1. The summed E-state index contributed by atoms with van der Waals surface area (Å²) >= 11 is 0. The molecular weight excluding hydrogens is 214 g/mol. The number of anilines is 1. The molecule has 3 N–H and O–H groups in total. The molecule has 1 aromatic rings. The standard InChI is InChI=1S/C11H14F2N2O/c1-7(16)15-9-4-2-8(3-5-9)10(14)6-11(12)13/h2-5,10-11H,6,14H2,1H3,(H,15,16)/t10-/m0/s1. The summed E-state index contributed by atoms with van der Waals surface area (Å²) in [5.41, 5.74) is 6.84. The van der Waals surface area contributed by atoms with Crippen molar-refractivity contribution in [2.24, 2.45) is 5.73 Å². The molecule has 0 aromatic heterocycles. The summed E-state index contributed by atoms with van der Waals surface area (Å²) in [6.45, 7) is 1.40. The third-order valence-corrected chi connectivity index (χ3v) is 2.09. The molecule has 0 saturated heterocycles. The highest BCUT2D eigenvalue weighted by Gasteiger charge is 2.12. The number of carbonyl (C=O) groups excluding carboxylic acids is 1. The van der Waals surface area contributed by atoms with E-state index in [-0.39, 0.29) is 12.3 Å². The second-order valence-electron chi connectivity index (χ2n) is 3.54. The Kier molecular flexibility index (Phi) is 4.37. The average Bonchev–Trinajstić information content (AvgIpc) is 2.16. The third kappa shape index (κ3) is 3.94. The minimum Gasteiger partial charge on any atom is -0.326 e. The first-order valence-corrected chi connectivity index (χ1v) is 4.90. The first-order chi connectivity index (χ1) is 7.49. The fourth-order valence-corrected chi connectivity index (χ4v) is 1.34. The van der Waals surface area contributed by atoms with Gasteiger partial charge >= 0.3 is 0 Å². The Hall–Kier alpha value is -1.49. The van der Waals surface area contributed by atoms with Crippen LogP contribution in [0, 0.1) is 0 Å². The van der Waals surface area contributed by atoms with Crippen LogP contribution in [0.3, 0.4) is 0 Å². The highest BCUT2D eigenvalue weighted by molar-refractivity contribution is 5.88. The monoisotopic (exact) mass is 228 g/mol. The maximum Gasteiger partial charge on any atom is 0.240 e. The van der Waals surface area contributed by atoms with Crippen LogP contribution in [0.25, 0.3) is 0 Å². The molecule has 1 aromatic carbocycles. The Labute approximate surface area is 92.6 Å². The zero-order valence-electron chi connectivity index (χ0n) is 8.91. The lowest BCUT2D eigenvalue weighted by Gasteiger charge is -2.12.